The van der Waals surface area contributed by atoms with E-state index >= 15 is 0 Å². The summed E-state index contributed by atoms with van der Waals surface area (Å²) >= 11 is 0. The van der Waals surface area contributed by atoms with E-state index < -0.39 is 0 Å². The fraction of sp³-hybridized carbons (Fsp3) is 0.421. The Hall–Kier alpha value is -2.54. The highest BCUT2D eigenvalue weighted by molar-refractivity contribution is 5.90. The molecule has 4 aliphatic heterocycles. The van der Waals surface area contributed by atoms with Gasteiger partial charge in [-0.05, 0) is 50.2 Å². The third-order valence-electron chi connectivity index (χ3n) is 5.66. The van der Waals surface area contributed by atoms with Crippen molar-refractivity contribution in [3.05, 3.63) is 42.5 Å². The van der Waals surface area contributed by atoms with Gasteiger partial charge in [-0.1, -0.05) is 0 Å². The van der Waals surface area contributed by atoms with E-state index in [2.05, 4.69) is 25.2 Å². The van der Waals surface area contributed by atoms with Crippen molar-refractivity contribution in [2.45, 2.75) is 18.4 Å². The van der Waals surface area contributed by atoms with Gasteiger partial charge in [0.1, 0.15) is 23.6 Å². The zero-order chi connectivity index (χ0) is 17.6. The summed E-state index contributed by atoms with van der Waals surface area (Å²) in [5.74, 6) is 0.935. The number of rotatable bonds is 2. The summed E-state index contributed by atoms with van der Waals surface area (Å²) in [5.41, 5.74) is 1.38. The normalized spacial score (nSPS) is 29.5. The molecule has 0 aliphatic carbocycles. The molecule has 1 spiro atoms. The summed E-state index contributed by atoms with van der Waals surface area (Å²) in [7, 11) is 0. The number of amidine groups is 1. The molecule has 7 heteroatoms. The van der Waals surface area contributed by atoms with E-state index in [-0.39, 0.29) is 11.4 Å². The smallest absolute Gasteiger partial charge is 0.291 e. The predicted octanol–water partition coefficient (Wildman–Crippen LogP) is 2.55. The zero-order valence-corrected chi connectivity index (χ0v) is 14.4. The van der Waals surface area contributed by atoms with Crippen LogP contribution in [0, 0.1) is 11.7 Å². The SMILES string of the molecule is Fc1ccc(-c2cc(NC3=NCC4(CN5CCC4CC5)O3)ncn2)cc1. The van der Waals surface area contributed by atoms with E-state index in [9.17, 15) is 4.39 Å². The molecule has 26 heavy (non-hydrogen) atoms. The Labute approximate surface area is 151 Å². The number of anilines is 1. The molecule has 1 unspecified atom stereocenters. The molecule has 0 amide bonds. The molecule has 5 heterocycles. The summed E-state index contributed by atoms with van der Waals surface area (Å²) < 4.78 is 19.4. The second-order valence-electron chi connectivity index (χ2n) is 7.26. The Morgan fingerprint density at radius 1 is 1.15 bits per heavy atom. The minimum atomic E-state index is -0.266. The Morgan fingerprint density at radius 2 is 1.96 bits per heavy atom. The van der Waals surface area contributed by atoms with Crippen molar-refractivity contribution in [2.24, 2.45) is 10.9 Å². The van der Waals surface area contributed by atoms with E-state index in [0.29, 0.717) is 24.3 Å². The Morgan fingerprint density at radius 3 is 2.69 bits per heavy atom. The molecular formula is C19H20FN5O. The molecular weight excluding hydrogens is 333 g/mol. The van der Waals surface area contributed by atoms with Crippen LogP contribution >= 0.6 is 0 Å². The summed E-state index contributed by atoms with van der Waals surface area (Å²) in [6.45, 7) is 4.00. The second kappa shape index (κ2) is 6.02. The number of fused-ring (bicyclic) bond motifs is 2. The van der Waals surface area contributed by atoms with Crippen LogP contribution in [0.5, 0.6) is 0 Å². The second-order valence-corrected chi connectivity index (χ2v) is 7.26. The van der Waals surface area contributed by atoms with Crippen molar-refractivity contribution in [2.75, 3.05) is 31.5 Å². The van der Waals surface area contributed by atoms with Gasteiger partial charge in [0.2, 0.25) is 0 Å². The third kappa shape index (κ3) is 2.72. The van der Waals surface area contributed by atoms with Crippen LogP contribution in [0.25, 0.3) is 11.3 Å². The molecule has 1 aromatic heterocycles. The number of aliphatic imine (C=N–C) groups is 1. The first-order chi connectivity index (χ1) is 12.7. The molecule has 1 atom stereocenters. The van der Waals surface area contributed by atoms with Gasteiger partial charge in [-0.2, -0.15) is 0 Å². The van der Waals surface area contributed by atoms with Gasteiger partial charge in [0, 0.05) is 24.1 Å². The highest BCUT2D eigenvalue weighted by atomic mass is 19.1. The lowest BCUT2D eigenvalue weighted by atomic mass is 9.75. The zero-order valence-electron chi connectivity index (χ0n) is 14.4. The molecule has 2 aromatic rings. The van der Waals surface area contributed by atoms with Gasteiger partial charge in [-0.25, -0.2) is 19.4 Å². The monoisotopic (exact) mass is 353 g/mol. The highest BCUT2D eigenvalue weighted by Crippen LogP contribution is 2.40. The molecule has 134 valence electrons. The van der Waals surface area contributed by atoms with Crippen LogP contribution in [0.15, 0.2) is 41.7 Å². The lowest BCUT2D eigenvalue weighted by molar-refractivity contribution is -0.0829. The van der Waals surface area contributed by atoms with Gasteiger partial charge in [-0.15, -0.1) is 0 Å². The maximum atomic E-state index is 13.1. The minimum Gasteiger partial charge on any atom is -0.455 e. The van der Waals surface area contributed by atoms with Gasteiger partial charge in [0.25, 0.3) is 6.02 Å². The third-order valence-corrected chi connectivity index (χ3v) is 5.66. The van der Waals surface area contributed by atoms with Gasteiger partial charge in [0.05, 0.1) is 12.2 Å². The molecule has 0 saturated carbocycles. The van der Waals surface area contributed by atoms with Crippen molar-refractivity contribution in [3.8, 4) is 11.3 Å². The van der Waals surface area contributed by atoms with Crippen LogP contribution in [0.1, 0.15) is 12.8 Å². The predicted molar refractivity (Wildman–Crippen MR) is 96.3 cm³/mol. The number of halogens is 1. The maximum Gasteiger partial charge on any atom is 0.291 e. The Bertz CT molecular complexity index is 847. The maximum absolute atomic E-state index is 13.1. The van der Waals surface area contributed by atoms with Crippen LogP contribution in [0.3, 0.4) is 0 Å². The molecule has 0 radical (unpaired) electrons. The van der Waals surface area contributed by atoms with Gasteiger partial charge in [-0.3, -0.25) is 10.2 Å². The average Bonchev–Trinajstić information content (AvgIpc) is 3.05. The number of ether oxygens (including phenoxy) is 1. The molecule has 1 aromatic carbocycles. The Kier molecular flexibility index (Phi) is 3.63. The van der Waals surface area contributed by atoms with E-state index in [1.54, 1.807) is 12.1 Å². The molecule has 4 aliphatic rings. The highest BCUT2D eigenvalue weighted by Gasteiger charge is 2.51. The molecule has 6 nitrogen and oxygen atoms in total. The van der Waals surface area contributed by atoms with Crippen LogP contribution in [-0.2, 0) is 4.74 Å². The number of benzene rings is 1. The quantitative estimate of drug-likeness (QED) is 0.899. The number of hydrogen-bond acceptors (Lipinski definition) is 6. The number of hydrogen-bond donors (Lipinski definition) is 1. The average molecular weight is 353 g/mol. The first kappa shape index (κ1) is 15.7. The van der Waals surface area contributed by atoms with Crippen molar-refractivity contribution in [3.63, 3.8) is 0 Å². The fourth-order valence-corrected chi connectivity index (χ4v) is 4.26. The topological polar surface area (TPSA) is 62.6 Å². The number of nitrogens with one attached hydrogen (secondary N) is 1. The molecule has 1 N–H and O–H groups in total. The number of aromatic nitrogens is 2. The van der Waals surface area contributed by atoms with E-state index in [0.717, 1.165) is 17.8 Å². The fourth-order valence-electron chi connectivity index (χ4n) is 4.26. The number of piperidine rings is 3. The van der Waals surface area contributed by atoms with Crippen LogP contribution in [0.2, 0.25) is 0 Å². The van der Waals surface area contributed by atoms with Crippen molar-refractivity contribution in [1.29, 1.82) is 0 Å². The summed E-state index contributed by atoms with van der Waals surface area (Å²) in [6, 6.07) is 8.60. The summed E-state index contributed by atoms with van der Waals surface area (Å²) in [4.78, 5) is 15.6. The van der Waals surface area contributed by atoms with Crippen LogP contribution in [-0.4, -0.2) is 52.7 Å². The molecule has 3 saturated heterocycles. The van der Waals surface area contributed by atoms with E-state index in [1.165, 1.54) is 44.4 Å². The lowest BCUT2D eigenvalue weighted by Crippen LogP contribution is -2.61. The van der Waals surface area contributed by atoms with Gasteiger partial charge >= 0.3 is 0 Å². The lowest BCUT2D eigenvalue weighted by Gasteiger charge is -2.50. The van der Waals surface area contributed by atoms with Crippen molar-refractivity contribution < 1.29 is 9.13 Å². The first-order valence-corrected chi connectivity index (χ1v) is 9.01. The standard InChI is InChI=1S/C19H20FN5O/c20-15-3-1-13(2-4-15)16-9-17(23-12-22-16)24-18-21-10-19(26-18)11-25-7-5-14(19)6-8-25/h1-4,9,12,14H,5-8,10-11H2,(H,21,22,23,24). The van der Waals surface area contributed by atoms with E-state index in [1.807, 2.05) is 6.07 Å². The molecule has 6 rings (SSSR count). The number of nitrogens with zero attached hydrogens (tertiary/aromatic N) is 4. The molecule has 2 bridgehead atoms. The van der Waals surface area contributed by atoms with Gasteiger partial charge < -0.3 is 4.74 Å². The largest absolute Gasteiger partial charge is 0.455 e. The van der Waals surface area contributed by atoms with Crippen LogP contribution in [0.4, 0.5) is 10.2 Å². The summed E-state index contributed by atoms with van der Waals surface area (Å²) in [5, 5.41) is 3.18. The van der Waals surface area contributed by atoms with E-state index in [4.69, 9.17) is 4.74 Å². The first-order valence-electron chi connectivity index (χ1n) is 9.01. The van der Waals surface area contributed by atoms with Crippen LogP contribution < -0.4 is 5.32 Å². The Balaban J connectivity index is 1.31. The van der Waals surface area contributed by atoms with Crippen molar-refractivity contribution >= 4 is 11.8 Å². The minimum absolute atomic E-state index is 0.175. The van der Waals surface area contributed by atoms with Crippen molar-refractivity contribution in [1.82, 2.24) is 14.9 Å². The summed E-state index contributed by atoms with van der Waals surface area (Å²) in [6.07, 6.45) is 3.86. The molecule has 3 fully saturated rings. The van der Waals surface area contributed by atoms with Gasteiger partial charge in [0.15, 0.2) is 0 Å².